The molecule has 1 atom stereocenters. The molecule has 2 aromatic heterocycles. The van der Waals surface area contributed by atoms with Gasteiger partial charge in [0.25, 0.3) is 0 Å². The van der Waals surface area contributed by atoms with Crippen molar-refractivity contribution in [2.45, 2.75) is 13.0 Å². The first kappa shape index (κ1) is 15.5. The molecule has 2 amide bonds. The first-order chi connectivity index (χ1) is 11.2. The number of nitrogens with zero attached hydrogens (tertiary/aromatic N) is 3. The van der Waals surface area contributed by atoms with Crippen LogP contribution < -0.4 is 5.32 Å². The van der Waals surface area contributed by atoms with Gasteiger partial charge in [-0.05, 0) is 18.6 Å². The maximum atomic E-state index is 12.1. The van der Waals surface area contributed by atoms with Gasteiger partial charge in [0.1, 0.15) is 5.69 Å². The molecule has 1 aliphatic heterocycles. The highest BCUT2D eigenvalue weighted by Crippen LogP contribution is 2.16. The zero-order valence-corrected chi connectivity index (χ0v) is 13.1. The Bertz CT molecular complexity index is 638. The van der Waals surface area contributed by atoms with Crippen molar-refractivity contribution in [1.82, 2.24) is 20.4 Å². The van der Waals surface area contributed by atoms with E-state index in [1.165, 1.54) is 0 Å². The van der Waals surface area contributed by atoms with E-state index >= 15 is 0 Å². The second-order valence-corrected chi connectivity index (χ2v) is 5.66. The molecule has 122 valence electrons. The van der Waals surface area contributed by atoms with E-state index in [0.29, 0.717) is 30.5 Å². The quantitative estimate of drug-likeness (QED) is 0.911. The van der Waals surface area contributed by atoms with Gasteiger partial charge < -0.3 is 19.5 Å². The molecule has 7 nitrogen and oxygen atoms in total. The highest BCUT2D eigenvalue weighted by molar-refractivity contribution is 5.73. The summed E-state index contributed by atoms with van der Waals surface area (Å²) in [5.41, 5.74) is 1.40. The summed E-state index contributed by atoms with van der Waals surface area (Å²) >= 11 is 0. The number of pyridine rings is 1. The number of urea groups is 1. The first-order valence-corrected chi connectivity index (χ1v) is 7.66. The van der Waals surface area contributed by atoms with E-state index in [1.807, 2.05) is 18.2 Å². The topological polar surface area (TPSA) is 80.5 Å². The van der Waals surface area contributed by atoms with Crippen LogP contribution in [0.3, 0.4) is 0 Å². The van der Waals surface area contributed by atoms with Crippen LogP contribution in [0.15, 0.2) is 35.0 Å². The number of nitrogens with one attached hydrogen (secondary N) is 1. The van der Waals surface area contributed by atoms with Gasteiger partial charge in [0.05, 0.1) is 18.8 Å². The van der Waals surface area contributed by atoms with Crippen molar-refractivity contribution >= 4 is 6.03 Å². The zero-order chi connectivity index (χ0) is 16.1. The molecule has 2 aromatic rings. The fraction of sp³-hybridized carbons (Fsp3) is 0.438. The Morgan fingerprint density at radius 3 is 3.09 bits per heavy atom. The fourth-order valence-corrected chi connectivity index (χ4v) is 2.53. The van der Waals surface area contributed by atoms with Crippen LogP contribution in [0.1, 0.15) is 12.2 Å². The summed E-state index contributed by atoms with van der Waals surface area (Å²) in [6.45, 7) is 2.51. The zero-order valence-electron chi connectivity index (χ0n) is 13.1. The summed E-state index contributed by atoms with van der Waals surface area (Å²) in [7, 11) is 1.79. The highest BCUT2D eigenvalue weighted by atomic mass is 16.5. The molecule has 0 saturated carbocycles. The van der Waals surface area contributed by atoms with E-state index in [-0.39, 0.29) is 6.03 Å². The molecule has 0 aromatic carbocycles. The molecule has 0 radical (unpaired) electrons. The van der Waals surface area contributed by atoms with Crippen molar-refractivity contribution in [3.8, 4) is 11.4 Å². The molecule has 23 heavy (non-hydrogen) atoms. The Morgan fingerprint density at radius 2 is 2.35 bits per heavy atom. The van der Waals surface area contributed by atoms with Crippen molar-refractivity contribution in [2.75, 3.05) is 26.8 Å². The van der Waals surface area contributed by atoms with Crippen LogP contribution in [-0.2, 0) is 11.3 Å². The summed E-state index contributed by atoms with van der Waals surface area (Å²) in [6, 6.07) is 7.24. The minimum absolute atomic E-state index is 0.132. The second-order valence-electron chi connectivity index (χ2n) is 5.66. The fourth-order valence-electron chi connectivity index (χ4n) is 2.53. The molecular weight excluding hydrogens is 296 g/mol. The normalized spacial score (nSPS) is 17.2. The monoisotopic (exact) mass is 316 g/mol. The van der Waals surface area contributed by atoms with E-state index in [1.54, 1.807) is 24.2 Å². The summed E-state index contributed by atoms with van der Waals surface area (Å²) in [4.78, 5) is 18.0. The van der Waals surface area contributed by atoms with Crippen molar-refractivity contribution in [2.24, 2.45) is 5.92 Å². The van der Waals surface area contributed by atoms with Gasteiger partial charge in [-0.2, -0.15) is 0 Å². The van der Waals surface area contributed by atoms with Gasteiger partial charge in [-0.25, -0.2) is 4.79 Å². The molecule has 1 N–H and O–H groups in total. The van der Waals surface area contributed by atoms with Crippen molar-refractivity contribution in [3.63, 3.8) is 0 Å². The predicted octanol–water partition coefficient (Wildman–Crippen LogP) is 1.91. The van der Waals surface area contributed by atoms with Crippen LogP contribution in [0, 0.1) is 5.92 Å². The van der Waals surface area contributed by atoms with Crippen LogP contribution in [0.5, 0.6) is 0 Å². The van der Waals surface area contributed by atoms with Crippen LogP contribution >= 0.6 is 0 Å². The molecule has 0 bridgehead atoms. The van der Waals surface area contributed by atoms with Crippen LogP contribution in [0.2, 0.25) is 0 Å². The average Bonchev–Trinajstić information content (AvgIpc) is 3.25. The van der Waals surface area contributed by atoms with Gasteiger partial charge in [0.15, 0.2) is 5.76 Å². The lowest BCUT2D eigenvalue weighted by atomic mass is 10.1. The third kappa shape index (κ3) is 4.07. The second kappa shape index (κ2) is 7.23. The number of aromatic nitrogens is 2. The number of carbonyl (C=O) groups excluding carboxylic acids is 1. The molecule has 7 heteroatoms. The number of amides is 2. The molecule has 3 rings (SSSR count). The Morgan fingerprint density at radius 1 is 1.43 bits per heavy atom. The van der Waals surface area contributed by atoms with Crippen molar-refractivity contribution in [1.29, 1.82) is 0 Å². The highest BCUT2D eigenvalue weighted by Gasteiger charge is 2.20. The van der Waals surface area contributed by atoms with Gasteiger partial charge >= 0.3 is 6.03 Å². The molecule has 3 heterocycles. The van der Waals surface area contributed by atoms with Gasteiger partial charge in [-0.15, -0.1) is 0 Å². The van der Waals surface area contributed by atoms with Gasteiger partial charge in [-0.1, -0.05) is 11.2 Å². The maximum absolute atomic E-state index is 12.1. The number of rotatable bonds is 5. The summed E-state index contributed by atoms with van der Waals surface area (Å²) in [5, 5.41) is 6.80. The van der Waals surface area contributed by atoms with Gasteiger partial charge in [0.2, 0.25) is 0 Å². The summed E-state index contributed by atoms with van der Waals surface area (Å²) in [5.74, 6) is 1.02. The SMILES string of the molecule is CN(C[C@H]1CCOC1)C(=O)NCc1cc(-c2ccccn2)no1. The third-order valence-corrected chi connectivity index (χ3v) is 3.80. The van der Waals surface area contributed by atoms with Gasteiger partial charge in [-0.3, -0.25) is 4.98 Å². The summed E-state index contributed by atoms with van der Waals surface area (Å²) < 4.78 is 10.6. The van der Waals surface area contributed by atoms with E-state index in [4.69, 9.17) is 9.26 Å². The minimum atomic E-state index is -0.132. The number of hydrogen-bond donors (Lipinski definition) is 1. The van der Waals surface area contributed by atoms with Crippen LogP contribution in [0.4, 0.5) is 4.79 Å². The number of carbonyl (C=O) groups is 1. The van der Waals surface area contributed by atoms with E-state index in [2.05, 4.69) is 15.5 Å². The molecule has 0 unspecified atom stereocenters. The molecule has 1 saturated heterocycles. The standard InChI is InChI=1S/C16H20N4O3/c1-20(10-12-5-7-22-11-12)16(21)18-9-13-8-15(19-23-13)14-4-2-3-6-17-14/h2-4,6,8,12H,5,7,9-11H2,1H3,(H,18,21)/t12-/m1/s1. The predicted molar refractivity (Wildman–Crippen MR) is 83.5 cm³/mol. The number of hydrogen-bond acceptors (Lipinski definition) is 5. The average molecular weight is 316 g/mol. The van der Waals surface area contributed by atoms with E-state index < -0.39 is 0 Å². The molecule has 0 spiro atoms. The lowest BCUT2D eigenvalue weighted by Gasteiger charge is -2.20. The molecule has 1 aliphatic rings. The van der Waals surface area contributed by atoms with E-state index in [9.17, 15) is 4.79 Å². The Hall–Kier alpha value is -2.41. The minimum Gasteiger partial charge on any atom is -0.381 e. The van der Waals surface area contributed by atoms with Crippen LogP contribution in [0.25, 0.3) is 11.4 Å². The van der Waals surface area contributed by atoms with Crippen molar-refractivity contribution < 1.29 is 14.1 Å². The number of ether oxygens (including phenoxy) is 1. The van der Waals surface area contributed by atoms with E-state index in [0.717, 1.165) is 25.3 Å². The summed E-state index contributed by atoms with van der Waals surface area (Å²) in [6.07, 6.45) is 2.71. The Balaban J connectivity index is 1.50. The van der Waals surface area contributed by atoms with Crippen molar-refractivity contribution in [3.05, 3.63) is 36.2 Å². The largest absolute Gasteiger partial charge is 0.381 e. The molecule has 1 fully saturated rings. The lowest BCUT2D eigenvalue weighted by molar-refractivity contribution is 0.171. The third-order valence-electron chi connectivity index (χ3n) is 3.80. The smallest absolute Gasteiger partial charge is 0.317 e. The maximum Gasteiger partial charge on any atom is 0.317 e. The van der Waals surface area contributed by atoms with Gasteiger partial charge in [0, 0.05) is 38.4 Å². The van der Waals surface area contributed by atoms with Crippen LogP contribution in [-0.4, -0.2) is 47.9 Å². The Labute approximate surface area is 134 Å². The Kier molecular flexibility index (Phi) is 4.87. The lowest BCUT2D eigenvalue weighted by Crippen LogP contribution is -2.39. The molecular formula is C16H20N4O3. The first-order valence-electron chi connectivity index (χ1n) is 7.66. The molecule has 0 aliphatic carbocycles.